The number of nitrogens with two attached hydrogens (primary N) is 1. The number of hydrogen-bond donors (Lipinski definition) is 2. The Morgan fingerprint density at radius 2 is 2.10 bits per heavy atom. The van der Waals surface area contributed by atoms with Gasteiger partial charge in [-0.1, -0.05) is 33.0 Å². The van der Waals surface area contributed by atoms with Gasteiger partial charge in [-0.2, -0.15) is 5.10 Å². The van der Waals surface area contributed by atoms with Crippen LogP contribution in [0, 0.1) is 5.92 Å². The highest BCUT2D eigenvalue weighted by atomic mass is 32.1. The topological polar surface area (TPSA) is 75.3 Å². The van der Waals surface area contributed by atoms with Crippen molar-refractivity contribution in [1.29, 1.82) is 0 Å². The number of aliphatic hydroxyl groups is 1. The van der Waals surface area contributed by atoms with Crippen molar-refractivity contribution >= 4 is 23.0 Å². The number of rotatable bonds is 5. The Kier molecular flexibility index (Phi) is 5.11. The highest BCUT2D eigenvalue weighted by Gasteiger charge is 2.34. The molecule has 116 valence electrons. The second kappa shape index (κ2) is 6.66. The average Bonchev–Trinajstić information content (AvgIpc) is 2.85. The van der Waals surface area contributed by atoms with E-state index in [2.05, 4.69) is 35.9 Å². The van der Waals surface area contributed by atoms with E-state index < -0.39 is 0 Å². The molecule has 2 atom stereocenters. The minimum absolute atomic E-state index is 0.0598. The molecule has 21 heavy (non-hydrogen) atoms. The highest BCUT2D eigenvalue weighted by molar-refractivity contribution is 7.80. The van der Waals surface area contributed by atoms with Gasteiger partial charge in [-0.05, 0) is 30.7 Å². The molecule has 1 fully saturated rings. The van der Waals surface area contributed by atoms with Crippen LogP contribution in [-0.4, -0.2) is 39.5 Å². The summed E-state index contributed by atoms with van der Waals surface area (Å²) in [5, 5.41) is 18.4. The molecule has 0 saturated carbocycles. The Hall–Kier alpha value is -1.27. The van der Waals surface area contributed by atoms with Gasteiger partial charge in [0.05, 0.1) is 23.9 Å². The van der Waals surface area contributed by atoms with Crippen LogP contribution in [0.15, 0.2) is 0 Å². The number of thiocarbonyl (C=S) groups is 1. The van der Waals surface area contributed by atoms with Crippen molar-refractivity contribution < 1.29 is 5.11 Å². The van der Waals surface area contributed by atoms with Crippen LogP contribution in [-0.2, 0) is 12.8 Å². The number of aliphatic hydroxyl groups excluding tert-OH is 1. The fourth-order valence-corrected chi connectivity index (χ4v) is 3.39. The van der Waals surface area contributed by atoms with Gasteiger partial charge in [-0.15, -0.1) is 5.10 Å². The summed E-state index contributed by atoms with van der Waals surface area (Å²) < 4.78 is 0. The Balaban J connectivity index is 2.56. The summed E-state index contributed by atoms with van der Waals surface area (Å²) in [5.41, 5.74) is 8.86. The van der Waals surface area contributed by atoms with E-state index in [9.17, 15) is 5.11 Å². The lowest BCUT2D eigenvalue weighted by atomic mass is 10.0. The fourth-order valence-electron chi connectivity index (χ4n) is 3.17. The van der Waals surface area contributed by atoms with E-state index in [1.165, 1.54) is 0 Å². The zero-order chi connectivity index (χ0) is 15.6. The summed E-state index contributed by atoms with van der Waals surface area (Å²) in [6.07, 6.45) is 2.66. The molecule has 0 spiro atoms. The van der Waals surface area contributed by atoms with Crippen LogP contribution >= 0.6 is 12.2 Å². The van der Waals surface area contributed by atoms with Crippen molar-refractivity contribution in [3.63, 3.8) is 0 Å². The molecule has 0 aliphatic carbocycles. The first kappa shape index (κ1) is 16.1. The quantitative estimate of drug-likeness (QED) is 0.802. The van der Waals surface area contributed by atoms with Gasteiger partial charge >= 0.3 is 0 Å². The average molecular weight is 308 g/mol. The number of aromatic nitrogens is 2. The SMILES string of the molecule is CCc1nnc(N2CCC(C)C2CO)c(C(N)=S)c1CC. The first-order valence-corrected chi connectivity index (χ1v) is 8.01. The molecule has 2 unspecified atom stereocenters. The lowest BCUT2D eigenvalue weighted by Gasteiger charge is -2.28. The minimum Gasteiger partial charge on any atom is -0.394 e. The molecule has 1 aromatic heterocycles. The van der Waals surface area contributed by atoms with Gasteiger partial charge in [0.1, 0.15) is 4.99 Å². The van der Waals surface area contributed by atoms with Gasteiger partial charge in [-0.25, -0.2) is 0 Å². The molecule has 1 saturated heterocycles. The maximum Gasteiger partial charge on any atom is 0.162 e. The van der Waals surface area contributed by atoms with Crippen LogP contribution in [0.25, 0.3) is 0 Å². The zero-order valence-electron chi connectivity index (χ0n) is 13.0. The van der Waals surface area contributed by atoms with Crippen LogP contribution in [0.1, 0.15) is 44.0 Å². The van der Waals surface area contributed by atoms with Crippen molar-refractivity contribution in [3.8, 4) is 0 Å². The van der Waals surface area contributed by atoms with E-state index in [0.717, 1.165) is 48.4 Å². The number of aryl methyl sites for hydroxylation is 1. The largest absolute Gasteiger partial charge is 0.394 e. The van der Waals surface area contributed by atoms with Crippen LogP contribution < -0.4 is 10.6 Å². The standard InChI is InChI=1S/C15H24N4OS/c1-4-10-11(5-2)17-18-15(13(10)14(16)21)19-7-6-9(3)12(19)8-20/h9,12,20H,4-8H2,1-3H3,(H2,16,21). The smallest absolute Gasteiger partial charge is 0.162 e. The summed E-state index contributed by atoms with van der Waals surface area (Å²) in [4.78, 5) is 2.48. The van der Waals surface area contributed by atoms with Gasteiger partial charge in [0, 0.05) is 6.54 Å². The summed E-state index contributed by atoms with van der Waals surface area (Å²) in [6.45, 7) is 7.25. The van der Waals surface area contributed by atoms with Crippen molar-refractivity contribution in [2.75, 3.05) is 18.1 Å². The predicted octanol–water partition coefficient (Wildman–Crippen LogP) is 1.44. The monoisotopic (exact) mass is 308 g/mol. The van der Waals surface area contributed by atoms with Crippen LogP contribution in [0.4, 0.5) is 5.82 Å². The Bertz CT molecular complexity index is 535. The maximum atomic E-state index is 9.67. The van der Waals surface area contributed by atoms with Crippen LogP contribution in [0.5, 0.6) is 0 Å². The van der Waals surface area contributed by atoms with Crippen molar-refractivity contribution in [1.82, 2.24) is 10.2 Å². The molecule has 6 heteroatoms. The van der Waals surface area contributed by atoms with Gasteiger partial charge in [0.2, 0.25) is 0 Å². The normalized spacial score (nSPS) is 21.8. The molecule has 1 aromatic rings. The Morgan fingerprint density at radius 3 is 2.62 bits per heavy atom. The van der Waals surface area contributed by atoms with E-state index in [-0.39, 0.29) is 12.6 Å². The molecule has 5 nitrogen and oxygen atoms in total. The van der Waals surface area contributed by atoms with E-state index in [1.807, 2.05) is 0 Å². The third kappa shape index (κ3) is 2.87. The Morgan fingerprint density at radius 1 is 1.38 bits per heavy atom. The van der Waals surface area contributed by atoms with E-state index in [0.29, 0.717) is 10.9 Å². The van der Waals surface area contributed by atoms with Crippen LogP contribution in [0.2, 0.25) is 0 Å². The highest BCUT2D eigenvalue weighted by Crippen LogP contribution is 2.32. The number of anilines is 1. The van der Waals surface area contributed by atoms with Crippen LogP contribution in [0.3, 0.4) is 0 Å². The second-order valence-corrected chi connectivity index (χ2v) is 6.04. The second-order valence-electron chi connectivity index (χ2n) is 5.60. The van der Waals surface area contributed by atoms with Gasteiger partial charge in [0.15, 0.2) is 5.82 Å². The molecular formula is C15H24N4OS. The van der Waals surface area contributed by atoms with E-state index >= 15 is 0 Å². The first-order valence-electron chi connectivity index (χ1n) is 7.60. The predicted molar refractivity (Wildman–Crippen MR) is 88.7 cm³/mol. The summed E-state index contributed by atoms with van der Waals surface area (Å²) in [7, 11) is 0. The van der Waals surface area contributed by atoms with Gasteiger partial charge < -0.3 is 15.7 Å². The van der Waals surface area contributed by atoms with Crippen molar-refractivity contribution in [2.24, 2.45) is 11.7 Å². The molecule has 2 heterocycles. The van der Waals surface area contributed by atoms with E-state index in [4.69, 9.17) is 18.0 Å². The molecule has 0 amide bonds. The molecule has 0 aromatic carbocycles. The van der Waals surface area contributed by atoms with E-state index in [1.54, 1.807) is 0 Å². The fraction of sp³-hybridized carbons (Fsp3) is 0.667. The van der Waals surface area contributed by atoms with Crippen molar-refractivity contribution in [2.45, 2.75) is 46.1 Å². The third-order valence-corrected chi connectivity index (χ3v) is 4.62. The van der Waals surface area contributed by atoms with Crippen molar-refractivity contribution in [3.05, 3.63) is 16.8 Å². The van der Waals surface area contributed by atoms with Gasteiger partial charge in [0.25, 0.3) is 0 Å². The van der Waals surface area contributed by atoms with Gasteiger partial charge in [-0.3, -0.25) is 0 Å². The first-order chi connectivity index (χ1) is 10.0. The third-order valence-electron chi connectivity index (χ3n) is 4.42. The molecular weight excluding hydrogens is 284 g/mol. The molecule has 1 aliphatic rings. The zero-order valence-corrected chi connectivity index (χ0v) is 13.8. The lowest BCUT2D eigenvalue weighted by molar-refractivity contribution is 0.244. The maximum absolute atomic E-state index is 9.67. The summed E-state index contributed by atoms with van der Waals surface area (Å²) in [5.74, 6) is 1.16. The molecule has 1 aliphatic heterocycles. The lowest BCUT2D eigenvalue weighted by Crippen LogP contribution is -2.38. The molecule has 0 bridgehead atoms. The minimum atomic E-state index is 0.0598. The molecule has 2 rings (SSSR count). The number of nitrogens with zero attached hydrogens (tertiary/aromatic N) is 3. The molecule has 0 radical (unpaired) electrons. The summed E-state index contributed by atoms with van der Waals surface area (Å²) >= 11 is 5.27. The summed E-state index contributed by atoms with van der Waals surface area (Å²) in [6, 6.07) is 0.0598. The molecule has 3 N–H and O–H groups in total. The Labute approximate surface area is 131 Å². The number of hydrogen-bond acceptors (Lipinski definition) is 5.